The Bertz CT molecular complexity index is 1220. The first kappa shape index (κ1) is 18.9. The van der Waals surface area contributed by atoms with Crippen molar-refractivity contribution in [1.82, 2.24) is 24.7 Å². The smallest absolute Gasteiger partial charge is 0.311 e. The van der Waals surface area contributed by atoms with E-state index in [4.69, 9.17) is 0 Å². The minimum atomic E-state index is -0.534. The van der Waals surface area contributed by atoms with Crippen LogP contribution in [0, 0.1) is 6.92 Å². The molecule has 2 N–H and O–H groups in total. The second-order valence-corrected chi connectivity index (χ2v) is 7.58. The fraction of sp³-hybridized carbons (Fsp3) is 0.143. The number of thioether (sulfide) groups is 1. The largest absolute Gasteiger partial charge is 0.325 e. The molecule has 4 rings (SSSR count). The molecule has 29 heavy (non-hydrogen) atoms. The molecule has 4 aromatic rings. The minimum Gasteiger partial charge on any atom is -0.311 e. The van der Waals surface area contributed by atoms with Gasteiger partial charge in [0.1, 0.15) is 5.82 Å². The molecule has 2 heterocycles. The molecule has 0 radical (unpaired) electrons. The summed E-state index contributed by atoms with van der Waals surface area (Å²) in [4.78, 5) is 28.1. The minimum absolute atomic E-state index is 0.284. The predicted octanol–water partition coefficient (Wildman–Crippen LogP) is 2.84. The van der Waals surface area contributed by atoms with Crippen LogP contribution in [-0.2, 0) is 12.2 Å². The third-order valence-electron chi connectivity index (χ3n) is 4.34. The summed E-state index contributed by atoms with van der Waals surface area (Å²) in [6.45, 7) is 2.03. The number of H-pyrrole nitrogens is 2. The summed E-state index contributed by atoms with van der Waals surface area (Å²) in [6, 6.07) is 19.6. The zero-order chi connectivity index (χ0) is 20.2. The van der Waals surface area contributed by atoms with Crippen molar-refractivity contribution in [3.05, 3.63) is 104 Å². The first-order chi connectivity index (χ1) is 14.1. The number of nitrogens with one attached hydrogen (secondary N) is 2. The van der Waals surface area contributed by atoms with Crippen LogP contribution in [0.1, 0.15) is 22.6 Å². The van der Waals surface area contributed by atoms with Crippen LogP contribution in [0.2, 0.25) is 0 Å². The summed E-state index contributed by atoms with van der Waals surface area (Å²) >= 11 is 1.59. The number of nitrogens with zero attached hydrogens (tertiary/aromatic N) is 3. The van der Waals surface area contributed by atoms with E-state index in [1.165, 1.54) is 11.6 Å². The van der Waals surface area contributed by atoms with E-state index in [9.17, 15) is 9.59 Å². The van der Waals surface area contributed by atoms with Crippen molar-refractivity contribution in [3.63, 3.8) is 0 Å². The van der Waals surface area contributed by atoms with Crippen LogP contribution < -0.4 is 11.2 Å². The number of rotatable bonds is 6. The van der Waals surface area contributed by atoms with E-state index in [-0.39, 0.29) is 6.42 Å². The van der Waals surface area contributed by atoms with Gasteiger partial charge >= 0.3 is 5.69 Å². The van der Waals surface area contributed by atoms with Crippen molar-refractivity contribution in [2.24, 2.45) is 0 Å². The van der Waals surface area contributed by atoms with Crippen molar-refractivity contribution in [1.29, 1.82) is 0 Å². The Morgan fingerprint density at radius 2 is 1.79 bits per heavy atom. The monoisotopic (exact) mass is 405 g/mol. The van der Waals surface area contributed by atoms with E-state index < -0.39 is 11.2 Å². The maximum atomic E-state index is 11.6. The lowest BCUT2D eigenvalue weighted by molar-refractivity contribution is 0.828. The van der Waals surface area contributed by atoms with Crippen molar-refractivity contribution in [3.8, 4) is 5.69 Å². The average molecular weight is 405 g/mol. The molecule has 0 unspecified atom stereocenters. The first-order valence-corrected chi connectivity index (χ1v) is 10.1. The third kappa shape index (κ3) is 4.55. The Balaban J connectivity index is 1.71. The molecule has 0 aliphatic heterocycles. The molecular weight excluding hydrogens is 386 g/mol. The summed E-state index contributed by atoms with van der Waals surface area (Å²) in [5.41, 5.74) is 2.76. The van der Waals surface area contributed by atoms with Gasteiger partial charge in [-0.15, -0.1) is 10.2 Å². The lowest BCUT2D eigenvalue weighted by Crippen LogP contribution is -2.23. The van der Waals surface area contributed by atoms with Crippen LogP contribution in [-0.4, -0.2) is 24.7 Å². The molecule has 0 aliphatic rings. The number of hydrogen-bond donors (Lipinski definition) is 2. The van der Waals surface area contributed by atoms with Gasteiger partial charge in [-0.25, -0.2) is 4.79 Å². The van der Waals surface area contributed by atoms with Gasteiger partial charge in [0.15, 0.2) is 5.16 Å². The number of hydrogen-bond acceptors (Lipinski definition) is 5. The summed E-state index contributed by atoms with van der Waals surface area (Å²) < 4.78 is 1.97. The second-order valence-electron chi connectivity index (χ2n) is 6.64. The topological polar surface area (TPSA) is 96.4 Å². The van der Waals surface area contributed by atoms with Gasteiger partial charge in [-0.3, -0.25) is 14.3 Å². The Hall–Kier alpha value is -3.39. The Morgan fingerprint density at radius 1 is 0.966 bits per heavy atom. The molecule has 2 aromatic carbocycles. The highest BCUT2D eigenvalue weighted by atomic mass is 32.2. The van der Waals surface area contributed by atoms with Crippen molar-refractivity contribution >= 4 is 11.8 Å². The SMILES string of the molecule is Cc1cccc(-n2c(Cc3cc(=O)[nH]c(=O)[nH]3)nnc2SCc2ccccc2)c1. The van der Waals surface area contributed by atoms with Gasteiger partial charge in [0.05, 0.1) is 0 Å². The normalized spacial score (nSPS) is 10.9. The van der Waals surface area contributed by atoms with Crippen molar-refractivity contribution in [2.45, 2.75) is 24.3 Å². The fourth-order valence-electron chi connectivity index (χ4n) is 3.04. The van der Waals surface area contributed by atoms with Crippen LogP contribution in [0.25, 0.3) is 5.69 Å². The zero-order valence-electron chi connectivity index (χ0n) is 15.8. The van der Waals surface area contributed by atoms with E-state index in [0.717, 1.165) is 22.2 Å². The molecule has 2 aromatic heterocycles. The van der Waals surface area contributed by atoms with Gasteiger partial charge in [-0.05, 0) is 30.2 Å². The second kappa shape index (κ2) is 8.32. The summed E-state index contributed by atoms with van der Waals surface area (Å²) in [7, 11) is 0. The Morgan fingerprint density at radius 3 is 2.55 bits per heavy atom. The van der Waals surface area contributed by atoms with Gasteiger partial charge < -0.3 is 4.98 Å². The quantitative estimate of drug-likeness (QED) is 0.481. The molecule has 0 amide bonds. The molecular formula is C21H19N5O2S. The van der Waals surface area contributed by atoms with Gasteiger partial charge in [0.2, 0.25) is 0 Å². The van der Waals surface area contributed by atoms with E-state index in [1.54, 1.807) is 11.8 Å². The number of aromatic nitrogens is 5. The molecule has 146 valence electrons. The zero-order valence-corrected chi connectivity index (χ0v) is 16.6. The highest BCUT2D eigenvalue weighted by Crippen LogP contribution is 2.26. The summed E-state index contributed by atoms with van der Waals surface area (Å²) in [5.74, 6) is 1.40. The number of benzene rings is 2. The molecule has 0 saturated carbocycles. The van der Waals surface area contributed by atoms with Crippen LogP contribution in [0.3, 0.4) is 0 Å². The van der Waals surface area contributed by atoms with Crippen LogP contribution in [0.4, 0.5) is 0 Å². The number of aryl methyl sites for hydroxylation is 1. The van der Waals surface area contributed by atoms with Crippen molar-refractivity contribution in [2.75, 3.05) is 0 Å². The van der Waals surface area contributed by atoms with Gasteiger partial charge in [0.25, 0.3) is 5.56 Å². The Kier molecular flexibility index (Phi) is 5.44. The molecule has 8 heteroatoms. The first-order valence-electron chi connectivity index (χ1n) is 9.09. The molecule has 7 nitrogen and oxygen atoms in total. The summed E-state index contributed by atoms with van der Waals surface area (Å²) in [6.07, 6.45) is 0.284. The van der Waals surface area contributed by atoms with E-state index >= 15 is 0 Å². The molecule has 0 aliphatic carbocycles. The standard InChI is InChI=1S/C21H19N5O2S/c1-14-6-5-9-17(10-14)26-18(11-16-12-19(27)23-20(28)22-16)24-25-21(26)29-13-15-7-3-2-4-8-15/h2-10,12H,11,13H2,1H3,(H2,22,23,27,28). The number of aromatic amines is 2. The van der Waals surface area contributed by atoms with Gasteiger partial charge in [-0.1, -0.05) is 54.2 Å². The molecule has 0 atom stereocenters. The summed E-state index contributed by atoms with van der Waals surface area (Å²) in [5, 5.41) is 9.47. The van der Waals surface area contributed by atoms with E-state index in [2.05, 4.69) is 38.4 Å². The average Bonchev–Trinajstić information content (AvgIpc) is 3.09. The maximum absolute atomic E-state index is 11.6. The van der Waals surface area contributed by atoms with Crippen LogP contribution in [0.15, 0.2) is 75.4 Å². The van der Waals surface area contributed by atoms with Gasteiger partial charge in [-0.2, -0.15) is 0 Å². The molecule has 0 spiro atoms. The molecule has 0 saturated heterocycles. The predicted molar refractivity (Wildman–Crippen MR) is 113 cm³/mol. The van der Waals surface area contributed by atoms with E-state index in [1.807, 2.05) is 47.9 Å². The molecule has 0 fully saturated rings. The Labute approximate surface area is 170 Å². The van der Waals surface area contributed by atoms with Crippen LogP contribution >= 0.6 is 11.8 Å². The fourth-order valence-corrected chi connectivity index (χ4v) is 3.97. The maximum Gasteiger partial charge on any atom is 0.325 e. The van der Waals surface area contributed by atoms with Crippen LogP contribution in [0.5, 0.6) is 0 Å². The molecule has 0 bridgehead atoms. The third-order valence-corrected chi connectivity index (χ3v) is 5.34. The highest BCUT2D eigenvalue weighted by Gasteiger charge is 2.16. The van der Waals surface area contributed by atoms with Gasteiger partial charge in [0, 0.05) is 29.6 Å². The van der Waals surface area contributed by atoms with E-state index in [0.29, 0.717) is 11.5 Å². The highest BCUT2D eigenvalue weighted by molar-refractivity contribution is 7.98. The van der Waals surface area contributed by atoms with Crippen molar-refractivity contribution < 1.29 is 0 Å². The lowest BCUT2D eigenvalue weighted by Gasteiger charge is -2.11. The lowest BCUT2D eigenvalue weighted by atomic mass is 10.2.